The first kappa shape index (κ1) is 15.9. The van der Waals surface area contributed by atoms with Crippen molar-refractivity contribution < 1.29 is 14.3 Å². The van der Waals surface area contributed by atoms with Crippen molar-refractivity contribution in [1.82, 2.24) is 15.3 Å². The van der Waals surface area contributed by atoms with Crippen LogP contribution in [0.5, 0.6) is 11.5 Å². The molecular weight excluding hydrogens is 332 g/mol. The van der Waals surface area contributed by atoms with Gasteiger partial charge in [-0.1, -0.05) is 6.07 Å². The Kier molecular flexibility index (Phi) is 4.34. The van der Waals surface area contributed by atoms with Crippen LogP contribution >= 0.6 is 0 Å². The van der Waals surface area contributed by atoms with E-state index >= 15 is 0 Å². The second-order valence-electron chi connectivity index (χ2n) is 5.63. The van der Waals surface area contributed by atoms with E-state index in [4.69, 9.17) is 9.47 Å². The maximum Gasteiger partial charge on any atom is 0.270 e. The zero-order valence-corrected chi connectivity index (χ0v) is 13.8. The van der Waals surface area contributed by atoms with E-state index in [2.05, 4.69) is 20.6 Å². The third kappa shape index (κ3) is 3.56. The Morgan fingerprint density at radius 1 is 0.962 bits per heavy atom. The Labute approximate surface area is 150 Å². The highest BCUT2D eigenvalue weighted by Crippen LogP contribution is 2.35. The van der Waals surface area contributed by atoms with Gasteiger partial charge in [-0.3, -0.25) is 14.8 Å². The van der Waals surface area contributed by atoms with Crippen LogP contribution in [0.15, 0.2) is 60.9 Å². The SMILES string of the molecule is O=C(NCc1ccccn1)c1cc(Nc2ccc3c(c2)OCO3)ccn1. The van der Waals surface area contributed by atoms with Gasteiger partial charge < -0.3 is 20.1 Å². The summed E-state index contributed by atoms with van der Waals surface area (Å²) in [5, 5.41) is 6.05. The summed E-state index contributed by atoms with van der Waals surface area (Å²) in [6, 6.07) is 14.6. The average Bonchev–Trinajstić information content (AvgIpc) is 3.15. The molecule has 26 heavy (non-hydrogen) atoms. The van der Waals surface area contributed by atoms with Gasteiger partial charge >= 0.3 is 0 Å². The zero-order chi connectivity index (χ0) is 17.8. The molecule has 0 unspecified atom stereocenters. The number of fused-ring (bicyclic) bond motifs is 1. The molecule has 1 aliphatic heterocycles. The first-order valence-corrected chi connectivity index (χ1v) is 8.09. The summed E-state index contributed by atoms with van der Waals surface area (Å²) in [6.45, 7) is 0.579. The summed E-state index contributed by atoms with van der Waals surface area (Å²) in [6.07, 6.45) is 3.28. The highest BCUT2D eigenvalue weighted by atomic mass is 16.7. The van der Waals surface area contributed by atoms with Crippen LogP contribution in [-0.4, -0.2) is 22.7 Å². The van der Waals surface area contributed by atoms with Gasteiger partial charge in [0, 0.05) is 29.8 Å². The van der Waals surface area contributed by atoms with Crippen molar-refractivity contribution >= 4 is 17.3 Å². The van der Waals surface area contributed by atoms with E-state index in [1.54, 1.807) is 24.5 Å². The van der Waals surface area contributed by atoms with Crippen molar-refractivity contribution in [2.24, 2.45) is 0 Å². The second kappa shape index (κ2) is 7.10. The van der Waals surface area contributed by atoms with Crippen molar-refractivity contribution in [3.8, 4) is 11.5 Å². The van der Waals surface area contributed by atoms with E-state index in [0.29, 0.717) is 18.0 Å². The van der Waals surface area contributed by atoms with Gasteiger partial charge in [-0.15, -0.1) is 0 Å². The van der Waals surface area contributed by atoms with Crippen molar-refractivity contribution in [3.05, 3.63) is 72.3 Å². The van der Waals surface area contributed by atoms with Crippen molar-refractivity contribution in [1.29, 1.82) is 0 Å². The van der Waals surface area contributed by atoms with Gasteiger partial charge in [0.25, 0.3) is 5.91 Å². The molecule has 3 aromatic rings. The molecule has 7 heteroatoms. The van der Waals surface area contributed by atoms with Gasteiger partial charge in [0.15, 0.2) is 11.5 Å². The van der Waals surface area contributed by atoms with Crippen molar-refractivity contribution in [2.45, 2.75) is 6.54 Å². The van der Waals surface area contributed by atoms with E-state index in [9.17, 15) is 4.79 Å². The largest absolute Gasteiger partial charge is 0.454 e. The van der Waals surface area contributed by atoms with Gasteiger partial charge in [0.2, 0.25) is 6.79 Å². The molecule has 1 aliphatic rings. The van der Waals surface area contributed by atoms with Gasteiger partial charge in [-0.25, -0.2) is 0 Å². The number of anilines is 2. The minimum absolute atomic E-state index is 0.231. The quantitative estimate of drug-likeness (QED) is 0.737. The molecule has 7 nitrogen and oxygen atoms in total. The number of nitrogens with one attached hydrogen (secondary N) is 2. The molecule has 0 fully saturated rings. The number of nitrogens with zero attached hydrogens (tertiary/aromatic N) is 2. The molecule has 0 atom stereocenters. The number of hydrogen-bond acceptors (Lipinski definition) is 6. The fourth-order valence-electron chi connectivity index (χ4n) is 2.54. The summed E-state index contributed by atoms with van der Waals surface area (Å²) in [7, 11) is 0. The lowest BCUT2D eigenvalue weighted by Gasteiger charge is -2.09. The molecule has 0 saturated carbocycles. The first-order valence-electron chi connectivity index (χ1n) is 8.09. The third-order valence-electron chi connectivity index (χ3n) is 3.81. The molecule has 1 aromatic carbocycles. The fraction of sp³-hybridized carbons (Fsp3) is 0.105. The molecule has 0 bridgehead atoms. The Morgan fingerprint density at radius 2 is 1.85 bits per heavy atom. The minimum atomic E-state index is -0.259. The molecular formula is C19H16N4O3. The highest BCUT2D eigenvalue weighted by molar-refractivity contribution is 5.93. The van der Waals surface area contributed by atoms with Crippen LogP contribution in [-0.2, 0) is 6.54 Å². The average molecular weight is 348 g/mol. The summed E-state index contributed by atoms with van der Waals surface area (Å²) in [5.41, 5.74) is 2.70. The smallest absolute Gasteiger partial charge is 0.270 e. The van der Waals surface area contributed by atoms with E-state index in [-0.39, 0.29) is 12.7 Å². The van der Waals surface area contributed by atoms with Gasteiger partial charge in [-0.05, 0) is 36.4 Å². The van der Waals surface area contributed by atoms with Gasteiger partial charge in [-0.2, -0.15) is 0 Å². The monoisotopic (exact) mass is 348 g/mol. The van der Waals surface area contributed by atoms with Crippen LogP contribution in [0.3, 0.4) is 0 Å². The number of amides is 1. The number of carbonyl (C=O) groups is 1. The summed E-state index contributed by atoms with van der Waals surface area (Å²) < 4.78 is 10.7. The summed E-state index contributed by atoms with van der Waals surface area (Å²) in [5.74, 6) is 1.15. The minimum Gasteiger partial charge on any atom is -0.454 e. The van der Waals surface area contributed by atoms with Crippen LogP contribution < -0.4 is 20.1 Å². The number of ether oxygens (including phenoxy) is 2. The molecule has 4 rings (SSSR count). The van der Waals surface area contributed by atoms with E-state index in [1.165, 1.54) is 0 Å². The zero-order valence-electron chi connectivity index (χ0n) is 13.8. The molecule has 130 valence electrons. The number of carbonyl (C=O) groups excluding carboxylic acids is 1. The summed E-state index contributed by atoms with van der Waals surface area (Å²) in [4.78, 5) is 20.6. The lowest BCUT2D eigenvalue weighted by atomic mass is 10.2. The highest BCUT2D eigenvalue weighted by Gasteiger charge is 2.14. The van der Waals surface area contributed by atoms with Crippen molar-refractivity contribution in [3.63, 3.8) is 0 Å². The topological polar surface area (TPSA) is 85.4 Å². The maximum absolute atomic E-state index is 12.3. The molecule has 0 radical (unpaired) electrons. The lowest BCUT2D eigenvalue weighted by Crippen LogP contribution is -2.24. The predicted molar refractivity (Wildman–Crippen MR) is 95.5 cm³/mol. The number of rotatable bonds is 5. The Hall–Kier alpha value is -3.61. The Bertz CT molecular complexity index is 931. The molecule has 0 spiro atoms. The Morgan fingerprint density at radius 3 is 2.73 bits per heavy atom. The normalized spacial score (nSPS) is 11.8. The lowest BCUT2D eigenvalue weighted by molar-refractivity contribution is 0.0945. The maximum atomic E-state index is 12.3. The number of benzene rings is 1. The fourth-order valence-corrected chi connectivity index (χ4v) is 2.54. The second-order valence-corrected chi connectivity index (χ2v) is 5.63. The molecule has 2 N–H and O–H groups in total. The van der Waals surface area contributed by atoms with Crippen LogP contribution in [0, 0.1) is 0 Å². The molecule has 0 aliphatic carbocycles. The third-order valence-corrected chi connectivity index (χ3v) is 3.81. The Balaban J connectivity index is 1.43. The van der Waals surface area contributed by atoms with Crippen LogP contribution in [0.4, 0.5) is 11.4 Å². The standard InChI is InChI=1S/C19H16N4O3/c24-19(22-11-15-3-1-2-7-20-15)16-9-14(6-8-21-16)23-13-4-5-17-18(10-13)26-12-25-17/h1-10H,11-12H2,(H,21,23)(H,22,24). The predicted octanol–water partition coefficient (Wildman–Crippen LogP) is 2.88. The first-order chi connectivity index (χ1) is 12.8. The van der Waals surface area contributed by atoms with Gasteiger partial charge in [0.1, 0.15) is 5.69 Å². The van der Waals surface area contributed by atoms with Crippen LogP contribution in [0.25, 0.3) is 0 Å². The molecule has 1 amide bonds. The van der Waals surface area contributed by atoms with E-state index in [0.717, 1.165) is 22.8 Å². The number of hydrogen-bond donors (Lipinski definition) is 2. The number of aromatic nitrogens is 2. The molecule has 2 aromatic heterocycles. The van der Waals surface area contributed by atoms with E-state index in [1.807, 2.05) is 36.4 Å². The number of pyridine rings is 2. The van der Waals surface area contributed by atoms with Crippen LogP contribution in [0.1, 0.15) is 16.2 Å². The van der Waals surface area contributed by atoms with Gasteiger partial charge in [0.05, 0.1) is 12.2 Å². The van der Waals surface area contributed by atoms with Crippen molar-refractivity contribution in [2.75, 3.05) is 12.1 Å². The molecule has 0 saturated heterocycles. The van der Waals surface area contributed by atoms with E-state index < -0.39 is 0 Å². The molecule has 3 heterocycles. The summed E-state index contributed by atoms with van der Waals surface area (Å²) >= 11 is 0. The van der Waals surface area contributed by atoms with Crippen LogP contribution in [0.2, 0.25) is 0 Å².